The molecule has 1 fully saturated rings. The minimum Gasteiger partial charge on any atom is -0.313 e. The first kappa shape index (κ1) is 13.3. The van der Waals surface area contributed by atoms with Crippen LogP contribution in [-0.2, 0) is 0 Å². The van der Waals surface area contributed by atoms with Crippen molar-refractivity contribution in [2.45, 2.75) is 52.2 Å². The van der Waals surface area contributed by atoms with E-state index in [-0.39, 0.29) is 0 Å². The average molecular weight is 230 g/mol. The molecule has 1 aliphatic rings. The maximum atomic E-state index is 3.60. The van der Waals surface area contributed by atoms with E-state index in [1.165, 1.54) is 24.5 Å². The van der Waals surface area contributed by atoms with E-state index in [4.69, 9.17) is 0 Å². The highest BCUT2D eigenvalue weighted by molar-refractivity contribution is 7.99. The van der Waals surface area contributed by atoms with Crippen molar-refractivity contribution in [3.8, 4) is 0 Å². The molecule has 0 aromatic rings. The molecule has 0 amide bonds. The summed E-state index contributed by atoms with van der Waals surface area (Å²) in [6, 6.07) is 2.08. The van der Waals surface area contributed by atoms with E-state index in [2.05, 4.69) is 49.7 Å². The first-order chi connectivity index (χ1) is 7.15. The fraction of sp³-hybridized carbons (Fsp3) is 1.00. The number of nitrogens with one attached hydrogen (secondary N) is 1. The molecule has 1 aliphatic heterocycles. The van der Waals surface area contributed by atoms with Crippen LogP contribution in [-0.4, -0.2) is 47.6 Å². The van der Waals surface area contributed by atoms with Crippen molar-refractivity contribution >= 4 is 11.8 Å². The van der Waals surface area contributed by atoms with E-state index >= 15 is 0 Å². The second-order valence-corrected chi connectivity index (χ2v) is 5.88. The highest BCUT2D eigenvalue weighted by Crippen LogP contribution is 2.18. The van der Waals surface area contributed by atoms with Crippen LogP contribution in [0.2, 0.25) is 0 Å². The van der Waals surface area contributed by atoms with E-state index in [0.717, 1.165) is 12.6 Å². The van der Waals surface area contributed by atoms with Crippen molar-refractivity contribution in [1.29, 1.82) is 0 Å². The van der Waals surface area contributed by atoms with Crippen LogP contribution in [0.3, 0.4) is 0 Å². The second-order valence-electron chi connectivity index (χ2n) is 4.73. The number of nitrogens with zero attached hydrogens (tertiary/aromatic N) is 1. The molecule has 3 heteroatoms. The first-order valence-corrected chi connectivity index (χ1v) is 7.37. The molecule has 90 valence electrons. The summed E-state index contributed by atoms with van der Waals surface area (Å²) in [4.78, 5) is 2.64. The zero-order valence-electron chi connectivity index (χ0n) is 10.6. The van der Waals surface area contributed by atoms with E-state index in [9.17, 15) is 0 Å². The van der Waals surface area contributed by atoms with Gasteiger partial charge in [0.15, 0.2) is 0 Å². The monoisotopic (exact) mass is 230 g/mol. The molecule has 0 radical (unpaired) electrons. The molecule has 0 aliphatic carbocycles. The van der Waals surface area contributed by atoms with Gasteiger partial charge >= 0.3 is 0 Å². The Kier molecular flexibility index (Phi) is 6.02. The molecule has 0 aromatic carbocycles. The molecular weight excluding hydrogens is 204 g/mol. The topological polar surface area (TPSA) is 15.3 Å². The summed E-state index contributed by atoms with van der Waals surface area (Å²) in [5, 5.41) is 3.60. The van der Waals surface area contributed by atoms with Crippen LogP contribution in [0, 0.1) is 0 Å². The highest BCUT2D eigenvalue weighted by Gasteiger charge is 2.23. The molecule has 0 spiro atoms. The molecular formula is C12H26N2S. The summed E-state index contributed by atoms with van der Waals surface area (Å²) in [5.41, 5.74) is 0. The third-order valence-corrected chi connectivity index (χ3v) is 4.55. The lowest BCUT2D eigenvalue weighted by molar-refractivity contribution is 0.167. The molecule has 3 atom stereocenters. The van der Waals surface area contributed by atoms with Gasteiger partial charge in [-0.1, -0.05) is 6.92 Å². The summed E-state index contributed by atoms with van der Waals surface area (Å²) >= 11 is 2.09. The van der Waals surface area contributed by atoms with Crippen molar-refractivity contribution in [2.75, 3.05) is 24.6 Å². The smallest absolute Gasteiger partial charge is 0.0195 e. The van der Waals surface area contributed by atoms with Gasteiger partial charge in [0.25, 0.3) is 0 Å². The lowest BCUT2D eigenvalue weighted by Gasteiger charge is -2.38. The standard InChI is InChI=1S/C12H26N2S/c1-5-10(2)13-8-11(3)14-6-7-15-9-12(14)4/h10-13H,5-9H2,1-4H3. The first-order valence-electron chi connectivity index (χ1n) is 6.22. The zero-order valence-corrected chi connectivity index (χ0v) is 11.4. The van der Waals surface area contributed by atoms with Gasteiger partial charge in [0.1, 0.15) is 0 Å². The van der Waals surface area contributed by atoms with E-state index in [1.807, 2.05) is 0 Å². The van der Waals surface area contributed by atoms with Gasteiger partial charge < -0.3 is 5.32 Å². The van der Waals surface area contributed by atoms with E-state index in [0.29, 0.717) is 12.1 Å². The molecule has 1 heterocycles. The highest BCUT2D eigenvalue weighted by atomic mass is 32.2. The molecule has 15 heavy (non-hydrogen) atoms. The van der Waals surface area contributed by atoms with Crippen LogP contribution < -0.4 is 5.32 Å². The maximum absolute atomic E-state index is 3.60. The molecule has 0 aromatic heterocycles. The predicted molar refractivity (Wildman–Crippen MR) is 70.7 cm³/mol. The van der Waals surface area contributed by atoms with Gasteiger partial charge in [-0.3, -0.25) is 4.90 Å². The Balaban J connectivity index is 2.28. The van der Waals surface area contributed by atoms with Gasteiger partial charge in [-0.05, 0) is 27.2 Å². The number of hydrogen-bond acceptors (Lipinski definition) is 3. The summed E-state index contributed by atoms with van der Waals surface area (Å²) in [7, 11) is 0. The lowest BCUT2D eigenvalue weighted by atomic mass is 10.2. The second kappa shape index (κ2) is 6.77. The molecule has 2 nitrogen and oxygen atoms in total. The summed E-state index contributed by atoms with van der Waals surface area (Å²) < 4.78 is 0. The molecule has 3 unspecified atom stereocenters. The fourth-order valence-corrected chi connectivity index (χ4v) is 3.07. The van der Waals surface area contributed by atoms with E-state index in [1.54, 1.807) is 0 Å². The Labute approximate surface area is 99.2 Å². The lowest BCUT2D eigenvalue weighted by Crippen LogP contribution is -2.50. The van der Waals surface area contributed by atoms with E-state index < -0.39 is 0 Å². The van der Waals surface area contributed by atoms with Crippen LogP contribution in [0.4, 0.5) is 0 Å². The fourth-order valence-electron chi connectivity index (χ4n) is 2.03. The van der Waals surface area contributed by atoms with Gasteiger partial charge in [0, 0.05) is 42.7 Å². The van der Waals surface area contributed by atoms with Crippen molar-refractivity contribution in [3.63, 3.8) is 0 Å². The van der Waals surface area contributed by atoms with Gasteiger partial charge in [0.2, 0.25) is 0 Å². The molecule has 0 bridgehead atoms. The summed E-state index contributed by atoms with van der Waals surface area (Å²) in [6.07, 6.45) is 1.22. The van der Waals surface area contributed by atoms with Gasteiger partial charge in [0.05, 0.1) is 0 Å². The Morgan fingerprint density at radius 1 is 1.47 bits per heavy atom. The number of thioether (sulfide) groups is 1. The average Bonchev–Trinajstić information content (AvgIpc) is 2.26. The minimum absolute atomic E-state index is 0.655. The SMILES string of the molecule is CCC(C)NCC(C)N1CCSCC1C. The summed E-state index contributed by atoms with van der Waals surface area (Å²) in [6.45, 7) is 11.6. The van der Waals surface area contributed by atoms with Crippen LogP contribution in [0.1, 0.15) is 34.1 Å². The maximum Gasteiger partial charge on any atom is 0.0195 e. The molecule has 0 saturated carbocycles. The van der Waals surface area contributed by atoms with Crippen molar-refractivity contribution in [1.82, 2.24) is 10.2 Å². The number of rotatable bonds is 5. The minimum atomic E-state index is 0.655. The normalized spacial score (nSPS) is 27.6. The van der Waals surface area contributed by atoms with Crippen LogP contribution >= 0.6 is 11.8 Å². The molecule has 1 N–H and O–H groups in total. The largest absolute Gasteiger partial charge is 0.313 e. The third kappa shape index (κ3) is 4.33. The van der Waals surface area contributed by atoms with Crippen molar-refractivity contribution in [3.05, 3.63) is 0 Å². The van der Waals surface area contributed by atoms with Crippen molar-refractivity contribution < 1.29 is 0 Å². The van der Waals surface area contributed by atoms with Gasteiger partial charge in [-0.15, -0.1) is 0 Å². The van der Waals surface area contributed by atoms with Gasteiger partial charge in [-0.25, -0.2) is 0 Å². The number of hydrogen-bond donors (Lipinski definition) is 1. The van der Waals surface area contributed by atoms with Crippen molar-refractivity contribution in [2.24, 2.45) is 0 Å². The van der Waals surface area contributed by atoms with Gasteiger partial charge in [-0.2, -0.15) is 11.8 Å². The predicted octanol–water partition coefficient (Wildman–Crippen LogP) is 2.20. The van der Waals surface area contributed by atoms with Crippen LogP contribution in [0.15, 0.2) is 0 Å². The third-order valence-electron chi connectivity index (χ3n) is 3.36. The quantitative estimate of drug-likeness (QED) is 0.779. The Bertz CT molecular complexity index is 175. The Hall–Kier alpha value is 0.270. The summed E-state index contributed by atoms with van der Waals surface area (Å²) in [5.74, 6) is 2.60. The van der Waals surface area contributed by atoms with Crippen LogP contribution in [0.5, 0.6) is 0 Å². The Morgan fingerprint density at radius 2 is 2.20 bits per heavy atom. The molecule has 1 rings (SSSR count). The zero-order chi connectivity index (χ0) is 11.3. The Morgan fingerprint density at radius 3 is 2.80 bits per heavy atom. The van der Waals surface area contributed by atoms with Crippen LogP contribution in [0.25, 0.3) is 0 Å². The molecule has 1 saturated heterocycles.